The van der Waals surface area contributed by atoms with Crippen LogP contribution in [0.25, 0.3) is 0 Å². The summed E-state index contributed by atoms with van der Waals surface area (Å²) in [4.78, 5) is 41.5. The highest BCUT2D eigenvalue weighted by Crippen LogP contribution is 2.30. The molecule has 35 heavy (non-hydrogen) atoms. The zero-order chi connectivity index (χ0) is 25.2. The molecule has 3 amide bonds. The Bertz CT molecular complexity index is 1070. The van der Waals surface area contributed by atoms with Crippen LogP contribution in [0.5, 0.6) is 0 Å². The van der Waals surface area contributed by atoms with Crippen molar-refractivity contribution in [3.8, 4) is 0 Å². The second-order valence-corrected chi connectivity index (χ2v) is 9.05. The summed E-state index contributed by atoms with van der Waals surface area (Å²) in [5, 5.41) is 6.50. The molecule has 2 saturated heterocycles. The topological polar surface area (TPSA) is 95.8 Å². The Labute approximate surface area is 200 Å². The van der Waals surface area contributed by atoms with Gasteiger partial charge < -0.3 is 19.6 Å². The van der Waals surface area contributed by atoms with Crippen molar-refractivity contribution in [2.24, 2.45) is 11.8 Å². The van der Waals surface area contributed by atoms with Crippen molar-refractivity contribution in [3.63, 3.8) is 0 Å². The van der Waals surface area contributed by atoms with E-state index in [1.165, 1.54) is 12.1 Å². The van der Waals surface area contributed by atoms with Crippen LogP contribution in [0.15, 0.2) is 34.9 Å². The van der Waals surface area contributed by atoms with E-state index in [4.69, 9.17) is 4.52 Å². The van der Waals surface area contributed by atoms with E-state index in [1.807, 2.05) is 0 Å². The van der Waals surface area contributed by atoms with Crippen LogP contribution in [0.4, 0.5) is 19.0 Å². The number of anilines is 1. The first-order valence-electron chi connectivity index (χ1n) is 11.6. The van der Waals surface area contributed by atoms with Crippen LogP contribution in [0.2, 0.25) is 0 Å². The molecule has 0 unspecified atom stereocenters. The molecule has 1 N–H and O–H groups in total. The summed E-state index contributed by atoms with van der Waals surface area (Å²) in [6.45, 7) is 3.44. The molecule has 0 aliphatic carbocycles. The summed E-state index contributed by atoms with van der Waals surface area (Å²) in [6, 6.07) is 5.82. The number of alkyl halides is 3. The first-order chi connectivity index (χ1) is 16.6. The molecule has 1 aromatic heterocycles. The van der Waals surface area contributed by atoms with E-state index in [2.05, 4.69) is 10.5 Å². The van der Waals surface area contributed by atoms with E-state index in [0.717, 1.165) is 12.1 Å². The molecule has 0 radical (unpaired) electrons. The van der Waals surface area contributed by atoms with E-state index >= 15 is 0 Å². The van der Waals surface area contributed by atoms with E-state index < -0.39 is 11.7 Å². The fourth-order valence-corrected chi connectivity index (χ4v) is 4.59. The Morgan fingerprint density at radius 2 is 1.51 bits per heavy atom. The summed E-state index contributed by atoms with van der Waals surface area (Å²) >= 11 is 0. The minimum Gasteiger partial charge on any atom is -0.360 e. The van der Waals surface area contributed by atoms with Gasteiger partial charge in [0, 0.05) is 49.6 Å². The van der Waals surface area contributed by atoms with E-state index in [1.54, 1.807) is 22.8 Å². The number of halogens is 3. The van der Waals surface area contributed by atoms with E-state index in [0.29, 0.717) is 63.4 Å². The van der Waals surface area contributed by atoms with Gasteiger partial charge in [-0.15, -0.1) is 0 Å². The van der Waals surface area contributed by atoms with Crippen molar-refractivity contribution < 1.29 is 32.1 Å². The summed E-state index contributed by atoms with van der Waals surface area (Å²) in [7, 11) is 0. The standard InChI is InChI=1S/C24H27F3N4O4/c1-15-14-20(29-35-15)28-21(32)16-6-10-30(11-7-16)23(34)18-8-12-31(13-9-18)22(33)17-2-4-19(5-3-17)24(25,26)27/h2-5,14,16,18H,6-13H2,1H3,(H,28,29,32). The maximum absolute atomic E-state index is 13.0. The molecule has 0 atom stereocenters. The monoisotopic (exact) mass is 492 g/mol. The first kappa shape index (κ1) is 24.7. The normalized spacial score (nSPS) is 17.9. The molecule has 0 spiro atoms. The lowest BCUT2D eigenvalue weighted by atomic mass is 9.91. The third-order valence-corrected chi connectivity index (χ3v) is 6.65. The maximum atomic E-state index is 13.0. The van der Waals surface area contributed by atoms with Gasteiger partial charge in [0.1, 0.15) is 5.76 Å². The number of amides is 3. The molecule has 8 nitrogen and oxygen atoms in total. The predicted octanol–water partition coefficient (Wildman–Crippen LogP) is 3.73. The lowest BCUT2D eigenvalue weighted by molar-refractivity contribution is -0.139. The zero-order valence-electron chi connectivity index (χ0n) is 19.3. The minimum atomic E-state index is -4.45. The lowest BCUT2D eigenvalue weighted by Crippen LogP contribution is -2.47. The Morgan fingerprint density at radius 3 is 2.06 bits per heavy atom. The van der Waals surface area contributed by atoms with Crippen LogP contribution in [-0.4, -0.2) is 58.9 Å². The maximum Gasteiger partial charge on any atom is 0.416 e. The van der Waals surface area contributed by atoms with Crippen molar-refractivity contribution >= 4 is 23.5 Å². The Hall–Kier alpha value is -3.37. The Morgan fingerprint density at radius 1 is 0.943 bits per heavy atom. The van der Waals surface area contributed by atoms with Crippen LogP contribution < -0.4 is 5.32 Å². The molecule has 2 aromatic rings. The second-order valence-electron chi connectivity index (χ2n) is 9.05. The number of hydrogen-bond acceptors (Lipinski definition) is 5. The number of piperidine rings is 2. The summed E-state index contributed by atoms with van der Waals surface area (Å²) < 4.78 is 43.2. The van der Waals surface area contributed by atoms with Gasteiger partial charge in [-0.25, -0.2) is 0 Å². The average Bonchev–Trinajstić information content (AvgIpc) is 3.27. The van der Waals surface area contributed by atoms with Gasteiger partial charge in [-0.1, -0.05) is 5.16 Å². The smallest absolute Gasteiger partial charge is 0.360 e. The van der Waals surface area contributed by atoms with Gasteiger partial charge in [-0.05, 0) is 56.9 Å². The second kappa shape index (κ2) is 10.1. The molecule has 2 fully saturated rings. The third-order valence-electron chi connectivity index (χ3n) is 6.65. The van der Waals surface area contributed by atoms with Gasteiger partial charge in [0.15, 0.2) is 5.82 Å². The summed E-state index contributed by atoms with van der Waals surface area (Å²) in [6.07, 6.45) is -2.34. The molecular weight excluding hydrogens is 465 g/mol. The number of likely N-dealkylation sites (tertiary alicyclic amines) is 2. The van der Waals surface area contributed by atoms with Crippen molar-refractivity contribution in [3.05, 3.63) is 47.2 Å². The molecule has 0 saturated carbocycles. The van der Waals surface area contributed by atoms with Crippen LogP contribution in [0, 0.1) is 18.8 Å². The number of aromatic nitrogens is 1. The molecule has 11 heteroatoms. The van der Waals surface area contributed by atoms with Crippen LogP contribution >= 0.6 is 0 Å². The minimum absolute atomic E-state index is 0.0256. The molecule has 1 aromatic carbocycles. The first-order valence-corrected chi connectivity index (χ1v) is 11.6. The van der Waals surface area contributed by atoms with Crippen molar-refractivity contribution in [1.29, 1.82) is 0 Å². The quantitative estimate of drug-likeness (QED) is 0.702. The number of nitrogens with zero attached hydrogens (tertiary/aromatic N) is 3. The number of carbonyl (C=O) groups is 3. The van der Waals surface area contributed by atoms with Crippen molar-refractivity contribution in [2.45, 2.75) is 38.8 Å². The fourth-order valence-electron chi connectivity index (χ4n) is 4.59. The van der Waals surface area contributed by atoms with Gasteiger partial charge in [0.2, 0.25) is 11.8 Å². The van der Waals surface area contributed by atoms with Gasteiger partial charge in [-0.2, -0.15) is 13.2 Å². The number of rotatable bonds is 4. The Kier molecular flexibility index (Phi) is 7.13. The third kappa shape index (κ3) is 5.83. The van der Waals surface area contributed by atoms with Gasteiger partial charge >= 0.3 is 6.18 Å². The predicted molar refractivity (Wildman–Crippen MR) is 119 cm³/mol. The summed E-state index contributed by atoms with van der Waals surface area (Å²) in [5.74, 6) is 0.114. The number of nitrogens with one attached hydrogen (secondary N) is 1. The highest BCUT2D eigenvalue weighted by Gasteiger charge is 2.34. The number of aryl methyl sites for hydroxylation is 1. The molecule has 3 heterocycles. The van der Waals surface area contributed by atoms with Crippen LogP contribution in [0.1, 0.15) is 47.4 Å². The number of hydrogen-bond donors (Lipinski definition) is 1. The zero-order valence-corrected chi connectivity index (χ0v) is 19.3. The molecule has 188 valence electrons. The highest BCUT2D eigenvalue weighted by atomic mass is 19.4. The number of carbonyl (C=O) groups excluding carboxylic acids is 3. The molecular formula is C24H27F3N4O4. The van der Waals surface area contributed by atoms with Gasteiger partial charge in [0.25, 0.3) is 5.91 Å². The molecule has 4 rings (SSSR count). The van der Waals surface area contributed by atoms with Gasteiger partial charge in [0.05, 0.1) is 5.56 Å². The summed E-state index contributed by atoms with van der Waals surface area (Å²) in [5.41, 5.74) is -0.600. The Balaban J connectivity index is 1.23. The number of benzene rings is 1. The molecule has 2 aliphatic rings. The highest BCUT2D eigenvalue weighted by molar-refractivity contribution is 5.94. The lowest BCUT2D eigenvalue weighted by Gasteiger charge is -2.37. The van der Waals surface area contributed by atoms with Crippen molar-refractivity contribution in [2.75, 3.05) is 31.5 Å². The van der Waals surface area contributed by atoms with Gasteiger partial charge in [-0.3, -0.25) is 14.4 Å². The van der Waals surface area contributed by atoms with E-state index in [-0.39, 0.29) is 35.1 Å². The van der Waals surface area contributed by atoms with Crippen molar-refractivity contribution in [1.82, 2.24) is 15.0 Å². The van der Waals surface area contributed by atoms with E-state index in [9.17, 15) is 27.6 Å². The largest absolute Gasteiger partial charge is 0.416 e. The van der Waals surface area contributed by atoms with Crippen LogP contribution in [0.3, 0.4) is 0 Å². The average molecular weight is 492 g/mol. The van der Waals surface area contributed by atoms with Crippen LogP contribution in [-0.2, 0) is 15.8 Å². The molecule has 0 bridgehead atoms. The molecule has 2 aliphatic heterocycles. The SMILES string of the molecule is Cc1cc(NC(=O)C2CCN(C(=O)C3CCN(C(=O)c4ccc(C(F)(F)F)cc4)CC3)CC2)no1. The fraction of sp³-hybridized carbons (Fsp3) is 0.500.